The molecule has 5 heteroatoms. The predicted molar refractivity (Wildman–Crippen MR) is 112 cm³/mol. The number of ether oxygens (including phenoxy) is 2. The maximum absolute atomic E-state index is 12.4. The third kappa shape index (κ3) is 3.64. The first kappa shape index (κ1) is 20.5. The quantitative estimate of drug-likeness (QED) is 0.513. The van der Waals surface area contributed by atoms with Crippen molar-refractivity contribution in [3.05, 3.63) is 35.1 Å². The van der Waals surface area contributed by atoms with Gasteiger partial charge in [0.2, 0.25) is 0 Å². The fourth-order valence-corrected chi connectivity index (χ4v) is 5.70. The van der Waals surface area contributed by atoms with Crippen LogP contribution in [0.2, 0.25) is 0 Å². The number of rotatable bonds is 4. The van der Waals surface area contributed by atoms with Crippen LogP contribution in [-0.4, -0.2) is 35.6 Å². The van der Waals surface area contributed by atoms with Crippen molar-refractivity contribution in [3.63, 3.8) is 0 Å². The minimum atomic E-state index is -0.486. The summed E-state index contributed by atoms with van der Waals surface area (Å²) in [7, 11) is 0. The van der Waals surface area contributed by atoms with Crippen LogP contribution in [-0.2, 0) is 14.3 Å². The lowest BCUT2D eigenvalue weighted by molar-refractivity contribution is -0.180. The monoisotopic (exact) mass is 399 g/mol. The molecule has 1 spiro atoms. The van der Waals surface area contributed by atoms with Crippen LogP contribution in [0.3, 0.4) is 0 Å². The second kappa shape index (κ2) is 7.51. The zero-order valence-corrected chi connectivity index (χ0v) is 17.7. The average Bonchev–Trinajstić information content (AvgIpc) is 3.11. The second-order valence-corrected chi connectivity index (χ2v) is 9.56. The minimum Gasteiger partial charge on any atom is -0.511 e. The lowest BCUT2D eigenvalue weighted by Crippen LogP contribution is -2.46. The lowest BCUT2D eigenvalue weighted by Gasteiger charge is -2.51. The average molecular weight is 400 g/mol. The molecule has 5 nitrogen and oxygen atoms in total. The molecular formula is C24H33NO4. The Morgan fingerprint density at radius 2 is 2.03 bits per heavy atom. The van der Waals surface area contributed by atoms with E-state index in [2.05, 4.69) is 26.5 Å². The molecule has 0 aromatic heterocycles. The summed E-state index contributed by atoms with van der Waals surface area (Å²) < 4.78 is 12.0. The van der Waals surface area contributed by atoms with Crippen molar-refractivity contribution in [2.45, 2.75) is 71.0 Å². The highest BCUT2D eigenvalue weighted by atomic mass is 16.7. The third-order valence-electron chi connectivity index (χ3n) is 7.64. The summed E-state index contributed by atoms with van der Waals surface area (Å²) in [5.74, 6) is 0.0279. The summed E-state index contributed by atoms with van der Waals surface area (Å²) in [5, 5.41) is 19.0. The Morgan fingerprint density at radius 1 is 1.31 bits per heavy atom. The number of carbonyl (C=O) groups excluding carboxylic acids is 1. The van der Waals surface area contributed by atoms with Crippen molar-refractivity contribution < 1.29 is 19.4 Å². The van der Waals surface area contributed by atoms with Crippen molar-refractivity contribution in [3.8, 4) is 0 Å². The molecule has 158 valence electrons. The van der Waals surface area contributed by atoms with Crippen LogP contribution in [0.15, 0.2) is 35.1 Å². The molecule has 1 aliphatic heterocycles. The fourth-order valence-electron chi connectivity index (χ4n) is 5.70. The molecule has 29 heavy (non-hydrogen) atoms. The number of nitrogens with one attached hydrogen (secondary N) is 1. The van der Waals surface area contributed by atoms with Crippen molar-refractivity contribution in [2.24, 2.45) is 17.3 Å². The molecule has 1 saturated carbocycles. The van der Waals surface area contributed by atoms with Gasteiger partial charge in [-0.3, -0.25) is 4.79 Å². The summed E-state index contributed by atoms with van der Waals surface area (Å²) in [4.78, 5) is 12.4. The van der Waals surface area contributed by atoms with Gasteiger partial charge in [0.1, 0.15) is 5.76 Å². The summed E-state index contributed by atoms with van der Waals surface area (Å²) in [6, 6.07) is 0. The van der Waals surface area contributed by atoms with E-state index in [-0.39, 0.29) is 34.4 Å². The molecule has 1 saturated heterocycles. The normalized spacial score (nSPS) is 34.1. The van der Waals surface area contributed by atoms with Crippen molar-refractivity contribution in [2.75, 3.05) is 13.2 Å². The van der Waals surface area contributed by atoms with Crippen LogP contribution < -0.4 is 0 Å². The first-order valence-electron chi connectivity index (χ1n) is 10.9. The molecule has 2 N–H and O–H groups in total. The van der Waals surface area contributed by atoms with Gasteiger partial charge in [-0.05, 0) is 49.9 Å². The molecule has 0 bridgehead atoms. The van der Waals surface area contributed by atoms with Crippen LogP contribution in [0, 0.1) is 22.7 Å². The number of Topliss-reactive ketones (excluding diaryl/α,β-unsaturated/α-hetero) is 1. The Kier molecular flexibility index (Phi) is 5.32. The number of allylic oxidation sites excluding steroid dienone is 4. The molecule has 0 radical (unpaired) electrons. The number of hydrogen-bond acceptors (Lipinski definition) is 5. The summed E-state index contributed by atoms with van der Waals surface area (Å²) >= 11 is 0. The summed E-state index contributed by atoms with van der Waals surface area (Å²) in [6.07, 6.45) is 7.97. The highest BCUT2D eigenvalue weighted by molar-refractivity contribution is 6.22. The fraction of sp³-hybridized carbons (Fsp3) is 0.667. The molecule has 0 amide bonds. The van der Waals surface area contributed by atoms with E-state index in [9.17, 15) is 9.90 Å². The number of aliphatic hydroxyl groups excluding tert-OH is 1. The molecule has 3 aliphatic carbocycles. The predicted octanol–water partition coefficient (Wildman–Crippen LogP) is 5.03. The Labute approximate surface area is 173 Å². The van der Waals surface area contributed by atoms with Crippen LogP contribution in [0.1, 0.15) is 65.2 Å². The van der Waals surface area contributed by atoms with Gasteiger partial charge in [-0.15, -0.1) is 0 Å². The van der Waals surface area contributed by atoms with Gasteiger partial charge in [0.15, 0.2) is 11.6 Å². The van der Waals surface area contributed by atoms with E-state index < -0.39 is 5.79 Å². The highest BCUT2D eigenvalue weighted by Crippen LogP contribution is 2.57. The maximum Gasteiger partial charge on any atom is 0.172 e. The largest absolute Gasteiger partial charge is 0.511 e. The van der Waals surface area contributed by atoms with E-state index in [0.29, 0.717) is 44.6 Å². The van der Waals surface area contributed by atoms with E-state index in [0.717, 1.165) is 31.3 Å². The topological polar surface area (TPSA) is 79.6 Å². The van der Waals surface area contributed by atoms with E-state index in [4.69, 9.17) is 14.9 Å². The van der Waals surface area contributed by atoms with Gasteiger partial charge < -0.3 is 20.0 Å². The second-order valence-electron chi connectivity index (χ2n) is 9.56. The number of carbonyl (C=O) groups is 1. The number of aliphatic hydroxyl groups is 1. The maximum atomic E-state index is 12.4. The first-order valence-corrected chi connectivity index (χ1v) is 10.9. The molecule has 3 atom stereocenters. The number of hydrogen-bond donors (Lipinski definition) is 2. The van der Waals surface area contributed by atoms with E-state index in [1.165, 1.54) is 5.57 Å². The molecule has 1 heterocycles. The Balaban J connectivity index is 1.62. The van der Waals surface area contributed by atoms with Gasteiger partial charge in [0.05, 0.1) is 18.8 Å². The SMILES string of the molecule is C=C(C)[C@@H]1C=C2CC3(CC[C@]2(C)[C@@H](CC(=N)C2=C(O)CCCC2=O)C1)OCCO3. The molecule has 0 aromatic carbocycles. The van der Waals surface area contributed by atoms with Gasteiger partial charge in [-0.1, -0.05) is 30.7 Å². The van der Waals surface area contributed by atoms with E-state index in [1.54, 1.807) is 0 Å². The molecule has 0 aromatic rings. The van der Waals surface area contributed by atoms with Gasteiger partial charge in [-0.25, -0.2) is 0 Å². The zero-order chi connectivity index (χ0) is 20.8. The lowest BCUT2D eigenvalue weighted by atomic mass is 9.55. The summed E-state index contributed by atoms with van der Waals surface area (Å²) in [6.45, 7) is 9.85. The zero-order valence-electron chi connectivity index (χ0n) is 17.7. The molecule has 4 aliphatic rings. The third-order valence-corrected chi connectivity index (χ3v) is 7.64. The van der Waals surface area contributed by atoms with Crippen molar-refractivity contribution in [1.82, 2.24) is 0 Å². The van der Waals surface area contributed by atoms with Crippen molar-refractivity contribution in [1.29, 1.82) is 5.41 Å². The van der Waals surface area contributed by atoms with Crippen LogP contribution >= 0.6 is 0 Å². The first-order chi connectivity index (χ1) is 13.7. The number of ketones is 1. The highest BCUT2D eigenvalue weighted by Gasteiger charge is 2.52. The van der Waals surface area contributed by atoms with Gasteiger partial charge in [0.25, 0.3) is 0 Å². The van der Waals surface area contributed by atoms with E-state index in [1.807, 2.05) is 0 Å². The Hall–Kier alpha value is -1.72. The molecular weight excluding hydrogens is 366 g/mol. The van der Waals surface area contributed by atoms with Crippen LogP contribution in [0.5, 0.6) is 0 Å². The molecule has 0 unspecified atom stereocenters. The van der Waals surface area contributed by atoms with E-state index >= 15 is 0 Å². The van der Waals surface area contributed by atoms with Gasteiger partial charge >= 0.3 is 0 Å². The molecule has 4 rings (SSSR count). The Morgan fingerprint density at radius 3 is 2.69 bits per heavy atom. The number of fused-ring (bicyclic) bond motifs is 1. The van der Waals surface area contributed by atoms with Crippen molar-refractivity contribution >= 4 is 11.5 Å². The van der Waals surface area contributed by atoms with Crippen LogP contribution in [0.25, 0.3) is 0 Å². The minimum absolute atomic E-state index is 0.0489. The summed E-state index contributed by atoms with van der Waals surface area (Å²) in [5.41, 5.74) is 2.99. The Bertz CT molecular complexity index is 802. The smallest absolute Gasteiger partial charge is 0.172 e. The van der Waals surface area contributed by atoms with Gasteiger partial charge in [-0.2, -0.15) is 0 Å². The molecule has 2 fully saturated rings. The van der Waals surface area contributed by atoms with Crippen LogP contribution in [0.4, 0.5) is 0 Å². The standard InChI is InChI=1S/C24H33NO4/c1-15(2)16-11-17(13-19(25)22-20(26)5-4-6-21(22)27)23(3)7-8-24(14-18(23)12-16)28-9-10-29-24/h12,16-17,25-26H,1,4-11,13-14H2,2-3H3/t16-,17+,23+/m0/s1. The van der Waals surface area contributed by atoms with Gasteiger partial charge in [0, 0.05) is 31.4 Å².